The Hall–Kier alpha value is -3.02. The first-order valence-corrected chi connectivity index (χ1v) is 12.5. The number of carbonyl (C=O) groups is 1. The van der Waals surface area contributed by atoms with Crippen molar-refractivity contribution in [1.29, 1.82) is 0 Å². The number of amides is 1. The normalized spacial score (nSPS) is 17.0. The Morgan fingerprint density at radius 1 is 1.21 bits per heavy atom. The van der Waals surface area contributed by atoms with Gasteiger partial charge in [-0.15, -0.1) is 10.2 Å². The molecule has 1 aromatic heterocycles. The summed E-state index contributed by atoms with van der Waals surface area (Å²) in [6.45, 7) is 5.66. The van der Waals surface area contributed by atoms with Crippen molar-refractivity contribution in [2.24, 2.45) is 0 Å². The molecule has 1 aliphatic heterocycles. The SMILES string of the molecule is COc1ccc2c(c1)OC(C)(C)CC2NS(=O)(=O)c1nnc(NC(=O)c2cccc(C)c2)s1. The number of hydrogen-bond acceptors (Lipinski definition) is 8. The standard InChI is InChI=1S/C22H24N4O5S2/c1-13-6-5-7-14(10-13)19(27)23-20-24-25-21(32-20)33(28,29)26-17-12-22(2,3)31-18-11-15(30-4)8-9-16(17)18/h5-11,17,26H,12H2,1-4H3,(H,23,24,27). The van der Waals surface area contributed by atoms with Gasteiger partial charge < -0.3 is 9.47 Å². The summed E-state index contributed by atoms with van der Waals surface area (Å²) in [6, 6.07) is 11.8. The van der Waals surface area contributed by atoms with Crippen LogP contribution in [0.5, 0.6) is 11.5 Å². The number of nitrogens with zero attached hydrogens (tertiary/aromatic N) is 2. The predicted octanol–water partition coefficient (Wildman–Crippen LogP) is 3.69. The van der Waals surface area contributed by atoms with Crippen LogP contribution >= 0.6 is 11.3 Å². The summed E-state index contributed by atoms with van der Waals surface area (Å²) in [5.74, 6) is 0.786. The summed E-state index contributed by atoms with van der Waals surface area (Å²) in [5.41, 5.74) is 1.49. The third kappa shape index (κ3) is 5.15. The lowest BCUT2D eigenvalue weighted by atomic mass is 9.90. The molecule has 1 unspecified atom stereocenters. The molecule has 1 atom stereocenters. The van der Waals surface area contributed by atoms with Gasteiger partial charge >= 0.3 is 0 Å². The topological polar surface area (TPSA) is 120 Å². The fourth-order valence-corrected chi connectivity index (χ4v) is 5.75. The highest BCUT2D eigenvalue weighted by molar-refractivity contribution is 7.91. The van der Waals surface area contributed by atoms with Crippen LogP contribution in [-0.4, -0.2) is 37.2 Å². The van der Waals surface area contributed by atoms with E-state index in [0.717, 1.165) is 16.9 Å². The molecule has 0 saturated carbocycles. The molecule has 11 heteroatoms. The molecular weight excluding hydrogens is 464 g/mol. The van der Waals surface area contributed by atoms with Gasteiger partial charge in [0.05, 0.1) is 13.2 Å². The Morgan fingerprint density at radius 3 is 2.73 bits per heavy atom. The van der Waals surface area contributed by atoms with E-state index >= 15 is 0 Å². The zero-order valence-corrected chi connectivity index (χ0v) is 20.2. The fourth-order valence-electron chi connectivity index (χ4n) is 3.63. The van der Waals surface area contributed by atoms with Crippen LogP contribution in [0.15, 0.2) is 46.8 Å². The second kappa shape index (κ2) is 8.73. The third-order valence-corrected chi connectivity index (χ3v) is 7.79. The van der Waals surface area contributed by atoms with Gasteiger partial charge in [0.1, 0.15) is 17.1 Å². The predicted molar refractivity (Wildman–Crippen MR) is 124 cm³/mol. The van der Waals surface area contributed by atoms with Gasteiger partial charge in [0.2, 0.25) is 9.47 Å². The number of fused-ring (bicyclic) bond motifs is 1. The van der Waals surface area contributed by atoms with Crippen LogP contribution in [0.1, 0.15) is 47.8 Å². The van der Waals surface area contributed by atoms with Gasteiger partial charge in [0.25, 0.3) is 15.9 Å². The fraction of sp³-hybridized carbons (Fsp3) is 0.318. The van der Waals surface area contributed by atoms with E-state index in [1.54, 1.807) is 43.5 Å². The first kappa shape index (κ1) is 23.1. The number of sulfonamides is 1. The van der Waals surface area contributed by atoms with E-state index in [2.05, 4.69) is 20.2 Å². The molecule has 0 spiro atoms. The van der Waals surface area contributed by atoms with E-state index in [0.29, 0.717) is 29.0 Å². The number of carbonyl (C=O) groups excluding carboxylic acids is 1. The zero-order chi connectivity index (χ0) is 23.8. The lowest BCUT2D eigenvalue weighted by Gasteiger charge is -2.37. The Bertz CT molecular complexity index is 1300. The molecule has 174 valence electrons. The van der Waals surface area contributed by atoms with Crippen molar-refractivity contribution >= 4 is 32.4 Å². The van der Waals surface area contributed by atoms with Crippen LogP contribution in [0.4, 0.5) is 5.13 Å². The van der Waals surface area contributed by atoms with Crippen LogP contribution in [0.25, 0.3) is 0 Å². The lowest BCUT2D eigenvalue weighted by Crippen LogP contribution is -2.41. The van der Waals surface area contributed by atoms with Crippen molar-refractivity contribution in [3.63, 3.8) is 0 Å². The first-order chi connectivity index (χ1) is 15.6. The van der Waals surface area contributed by atoms with Crippen LogP contribution < -0.4 is 19.5 Å². The van der Waals surface area contributed by atoms with Gasteiger partial charge in [-0.25, -0.2) is 13.1 Å². The van der Waals surface area contributed by atoms with Crippen LogP contribution in [0.2, 0.25) is 0 Å². The van der Waals surface area contributed by atoms with Gasteiger partial charge in [-0.3, -0.25) is 10.1 Å². The molecule has 2 N–H and O–H groups in total. The molecular formula is C22H24N4O5S2. The average molecular weight is 489 g/mol. The summed E-state index contributed by atoms with van der Waals surface area (Å²) in [7, 11) is -2.44. The highest BCUT2D eigenvalue weighted by Gasteiger charge is 2.37. The molecule has 2 heterocycles. The van der Waals surface area contributed by atoms with Crippen molar-refractivity contribution in [3.05, 3.63) is 59.2 Å². The number of ether oxygens (including phenoxy) is 2. The molecule has 1 aliphatic rings. The molecule has 0 aliphatic carbocycles. The maximum atomic E-state index is 13.1. The zero-order valence-electron chi connectivity index (χ0n) is 18.6. The number of aryl methyl sites for hydroxylation is 1. The van der Waals surface area contributed by atoms with E-state index in [9.17, 15) is 13.2 Å². The van der Waals surface area contributed by atoms with Crippen molar-refractivity contribution in [2.45, 2.75) is 43.2 Å². The van der Waals surface area contributed by atoms with Crippen molar-refractivity contribution in [2.75, 3.05) is 12.4 Å². The van der Waals surface area contributed by atoms with E-state index < -0.39 is 21.7 Å². The third-order valence-electron chi connectivity index (χ3n) is 5.11. The van der Waals surface area contributed by atoms with Gasteiger partial charge in [-0.1, -0.05) is 35.1 Å². The molecule has 4 rings (SSSR count). The molecule has 3 aromatic rings. The molecule has 0 saturated heterocycles. The second-order valence-electron chi connectivity index (χ2n) is 8.34. The number of benzene rings is 2. The monoisotopic (exact) mass is 488 g/mol. The Balaban J connectivity index is 1.54. The highest BCUT2D eigenvalue weighted by Crippen LogP contribution is 2.42. The lowest BCUT2D eigenvalue weighted by molar-refractivity contribution is 0.0698. The molecule has 9 nitrogen and oxygen atoms in total. The van der Waals surface area contributed by atoms with E-state index in [1.165, 1.54) is 0 Å². The smallest absolute Gasteiger partial charge is 0.270 e. The number of anilines is 1. The number of nitrogens with one attached hydrogen (secondary N) is 2. The Kier molecular flexibility index (Phi) is 6.12. The van der Waals surface area contributed by atoms with Crippen LogP contribution in [-0.2, 0) is 10.0 Å². The summed E-state index contributed by atoms with van der Waals surface area (Å²) in [5, 5.41) is 10.3. The van der Waals surface area contributed by atoms with E-state index in [1.807, 2.05) is 26.8 Å². The minimum absolute atomic E-state index is 0.0966. The molecule has 33 heavy (non-hydrogen) atoms. The van der Waals surface area contributed by atoms with Crippen molar-refractivity contribution in [1.82, 2.24) is 14.9 Å². The number of aromatic nitrogens is 2. The first-order valence-electron chi connectivity index (χ1n) is 10.2. The summed E-state index contributed by atoms with van der Waals surface area (Å²) >= 11 is 0.787. The highest BCUT2D eigenvalue weighted by atomic mass is 32.2. The van der Waals surface area contributed by atoms with Gasteiger partial charge in [0.15, 0.2) is 0 Å². The Morgan fingerprint density at radius 2 is 2.00 bits per heavy atom. The van der Waals surface area contributed by atoms with Crippen LogP contribution in [0, 0.1) is 6.92 Å². The quantitative estimate of drug-likeness (QED) is 0.508. The molecule has 0 fully saturated rings. The minimum atomic E-state index is -4.00. The molecule has 2 aromatic carbocycles. The number of rotatable bonds is 6. The molecule has 0 radical (unpaired) electrons. The van der Waals surface area contributed by atoms with Gasteiger partial charge in [-0.2, -0.15) is 0 Å². The average Bonchev–Trinajstić information content (AvgIpc) is 3.21. The Labute approximate surface area is 196 Å². The van der Waals surface area contributed by atoms with E-state index in [-0.39, 0.29) is 15.4 Å². The number of methoxy groups -OCH3 is 1. The van der Waals surface area contributed by atoms with Crippen molar-refractivity contribution < 1.29 is 22.7 Å². The van der Waals surface area contributed by atoms with Gasteiger partial charge in [-0.05, 0) is 39.0 Å². The summed E-state index contributed by atoms with van der Waals surface area (Å²) in [6.07, 6.45) is 0.418. The number of hydrogen-bond donors (Lipinski definition) is 2. The summed E-state index contributed by atoms with van der Waals surface area (Å²) in [4.78, 5) is 12.4. The largest absolute Gasteiger partial charge is 0.497 e. The molecule has 1 amide bonds. The van der Waals surface area contributed by atoms with E-state index in [4.69, 9.17) is 9.47 Å². The summed E-state index contributed by atoms with van der Waals surface area (Å²) < 4.78 is 39.9. The molecule has 0 bridgehead atoms. The van der Waals surface area contributed by atoms with Crippen molar-refractivity contribution in [3.8, 4) is 11.5 Å². The van der Waals surface area contributed by atoms with Gasteiger partial charge in [0, 0.05) is 23.6 Å². The van der Waals surface area contributed by atoms with Crippen LogP contribution in [0.3, 0.4) is 0 Å². The maximum absolute atomic E-state index is 13.1. The minimum Gasteiger partial charge on any atom is -0.497 e. The second-order valence-corrected chi connectivity index (χ2v) is 11.2. The maximum Gasteiger partial charge on any atom is 0.270 e.